The zero-order valence-corrected chi connectivity index (χ0v) is 13.4. The van der Waals surface area contributed by atoms with E-state index >= 15 is 0 Å². The number of anilines is 1. The molecular weight excluding hydrogens is 301 g/mol. The first kappa shape index (κ1) is 16.9. The average molecular weight is 321 g/mol. The Morgan fingerprint density at radius 3 is 2.70 bits per heavy atom. The molecule has 1 atom stereocenters. The number of rotatable bonds is 5. The molecule has 0 saturated carbocycles. The minimum atomic E-state index is -0.591. The van der Waals surface area contributed by atoms with E-state index in [4.69, 9.17) is 0 Å². The first-order valence-electron chi connectivity index (χ1n) is 7.45. The lowest BCUT2D eigenvalue weighted by molar-refractivity contribution is -0.131. The van der Waals surface area contributed by atoms with Crippen LogP contribution in [0.1, 0.15) is 25.8 Å². The second-order valence-electron chi connectivity index (χ2n) is 6.07. The molecule has 1 aliphatic heterocycles. The summed E-state index contributed by atoms with van der Waals surface area (Å²) in [5.74, 6) is -1.15. The van der Waals surface area contributed by atoms with E-state index in [1.54, 1.807) is 13.0 Å². The number of halogens is 1. The Morgan fingerprint density at radius 1 is 1.39 bits per heavy atom. The highest BCUT2D eigenvalue weighted by molar-refractivity contribution is 6.07. The van der Waals surface area contributed by atoms with Crippen LogP contribution in [-0.4, -0.2) is 35.3 Å². The molecule has 2 rings (SSSR count). The Hall–Kier alpha value is -2.44. The van der Waals surface area contributed by atoms with Gasteiger partial charge in [0.2, 0.25) is 5.91 Å². The molecule has 1 fully saturated rings. The van der Waals surface area contributed by atoms with E-state index in [-0.39, 0.29) is 11.6 Å². The van der Waals surface area contributed by atoms with Gasteiger partial charge in [-0.1, -0.05) is 19.9 Å². The Morgan fingerprint density at radius 2 is 2.09 bits per heavy atom. The summed E-state index contributed by atoms with van der Waals surface area (Å²) in [6.45, 7) is 5.11. The van der Waals surface area contributed by atoms with E-state index < -0.39 is 36.2 Å². The predicted molar refractivity (Wildman–Crippen MR) is 83.3 cm³/mol. The lowest BCUT2D eigenvalue weighted by Crippen LogP contribution is -2.38. The van der Waals surface area contributed by atoms with Gasteiger partial charge in [0.1, 0.15) is 18.4 Å². The SMILES string of the molecule is Cc1ccc(NC(=O)CN2C(=O)NC(CC(C)C)C2=O)cc1F. The van der Waals surface area contributed by atoms with Crippen molar-refractivity contribution in [1.82, 2.24) is 10.2 Å². The van der Waals surface area contributed by atoms with Crippen LogP contribution in [-0.2, 0) is 9.59 Å². The monoisotopic (exact) mass is 321 g/mol. The molecule has 0 aliphatic carbocycles. The highest BCUT2D eigenvalue weighted by Gasteiger charge is 2.38. The van der Waals surface area contributed by atoms with E-state index in [1.807, 2.05) is 13.8 Å². The first-order valence-corrected chi connectivity index (χ1v) is 7.45. The van der Waals surface area contributed by atoms with Crippen LogP contribution in [0.15, 0.2) is 18.2 Å². The van der Waals surface area contributed by atoms with Crippen LogP contribution in [0.3, 0.4) is 0 Å². The summed E-state index contributed by atoms with van der Waals surface area (Å²) in [6.07, 6.45) is 0.520. The lowest BCUT2D eigenvalue weighted by Gasteiger charge is -2.14. The van der Waals surface area contributed by atoms with Gasteiger partial charge in [-0.2, -0.15) is 0 Å². The maximum absolute atomic E-state index is 13.5. The van der Waals surface area contributed by atoms with Crippen LogP contribution < -0.4 is 10.6 Å². The van der Waals surface area contributed by atoms with Crippen molar-refractivity contribution >= 4 is 23.5 Å². The van der Waals surface area contributed by atoms with Crippen molar-refractivity contribution in [2.45, 2.75) is 33.2 Å². The predicted octanol–water partition coefficient (Wildman–Crippen LogP) is 2.04. The molecule has 0 radical (unpaired) electrons. The van der Waals surface area contributed by atoms with Gasteiger partial charge in [-0.3, -0.25) is 14.5 Å². The van der Waals surface area contributed by atoms with E-state index in [0.29, 0.717) is 12.0 Å². The fourth-order valence-corrected chi connectivity index (χ4v) is 2.37. The zero-order valence-electron chi connectivity index (χ0n) is 13.4. The van der Waals surface area contributed by atoms with Crippen molar-refractivity contribution in [3.8, 4) is 0 Å². The van der Waals surface area contributed by atoms with Crippen molar-refractivity contribution in [2.24, 2.45) is 5.92 Å². The maximum Gasteiger partial charge on any atom is 0.325 e. The van der Waals surface area contributed by atoms with Gasteiger partial charge in [-0.25, -0.2) is 9.18 Å². The topological polar surface area (TPSA) is 78.5 Å². The molecule has 124 valence electrons. The number of imide groups is 1. The van der Waals surface area contributed by atoms with Gasteiger partial charge in [-0.15, -0.1) is 0 Å². The van der Waals surface area contributed by atoms with Crippen LogP contribution in [0.4, 0.5) is 14.9 Å². The van der Waals surface area contributed by atoms with Crippen molar-refractivity contribution in [3.05, 3.63) is 29.6 Å². The molecule has 0 aromatic heterocycles. The fourth-order valence-electron chi connectivity index (χ4n) is 2.37. The Bertz CT molecular complexity index is 645. The maximum atomic E-state index is 13.5. The Labute approximate surface area is 134 Å². The number of hydrogen-bond donors (Lipinski definition) is 2. The molecule has 1 unspecified atom stereocenters. The highest BCUT2D eigenvalue weighted by atomic mass is 19.1. The zero-order chi connectivity index (χ0) is 17.1. The summed E-state index contributed by atoms with van der Waals surface area (Å²) in [4.78, 5) is 36.8. The number of urea groups is 1. The number of carbonyl (C=O) groups excluding carboxylic acids is 3. The molecule has 7 heteroatoms. The summed E-state index contributed by atoms with van der Waals surface area (Å²) in [6, 6.07) is 3.12. The minimum Gasteiger partial charge on any atom is -0.326 e. The standard InChI is InChI=1S/C16H20FN3O3/c1-9(2)6-13-15(22)20(16(23)19-13)8-14(21)18-11-5-4-10(3)12(17)7-11/h4-5,7,9,13H,6,8H2,1-3H3,(H,18,21)(H,19,23). The van der Waals surface area contributed by atoms with Crippen molar-refractivity contribution in [2.75, 3.05) is 11.9 Å². The number of carbonyl (C=O) groups is 3. The van der Waals surface area contributed by atoms with E-state index in [9.17, 15) is 18.8 Å². The molecule has 0 bridgehead atoms. The van der Waals surface area contributed by atoms with Gasteiger partial charge in [0.15, 0.2) is 0 Å². The van der Waals surface area contributed by atoms with Crippen LogP contribution >= 0.6 is 0 Å². The molecule has 1 aliphatic rings. The van der Waals surface area contributed by atoms with Gasteiger partial charge in [0, 0.05) is 5.69 Å². The van der Waals surface area contributed by atoms with Gasteiger partial charge >= 0.3 is 6.03 Å². The minimum absolute atomic E-state index is 0.244. The van der Waals surface area contributed by atoms with Gasteiger partial charge < -0.3 is 10.6 Å². The van der Waals surface area contributed by atoms with Gasteiger partial charge in [0.25, 0.3) is 5.91 Å². The molecule has 6 nitrogen and oxygen atoms in total. The number of benzene rings is 1. The Balaban J connectivity index is 1.98. The van der Waals surface area contributed by atoms with E-state index in [1.165, 1.54) is 12.1 Å². The second kappa shape index (κ2) is 6.76. The first-order chi connectivity index (χ1) is 10.8. The molecule has 1 heterocycles. The summed E-state index contributed by atoms with van der Waals surface area (Å²) < 4.78 is 13.5. The summed E-state index contributed by atoms with van der Waals surface area (Å²) >= 11 is 0. The number of nitrogens with one attached hydrogen (secondary N) is 2. The highest BCUT2D eigenvalue weighted by Crippen LogP contribution is 2.16. The lowest BCUT2D eigenvalue weighted by atomic mass is 10.0. The average Bonchev–Trinajstić information content (AvgIpc) is 2.70. The fraction of sp³-hybridized carbons (Fsp3) is 0.438. The normalized spacial score (nSPS) is 17.6. The van der Waals surface area contributed by atoms with Crippen LogP contribution in [0.2, 0.25) is 0 Å². The smallest absolute Gasteiger partial charge is 0.325 e. The third-order valence-corrected chi connectivity index (χ3v) is 3.57. The quantitative estimate of drug-likeness (QED) is 0.815. The van der Waals surface area contributed by atoms with Crippen molar-refractivity contribution in [1.29, 1.82) is 0 Å². The molecular formula is C16H20FN3O3. The van der Waals surface area contributed by atoms with Crippen LogP contribution in [0, 0.1) is 18.7 Å². The summed E-state index contributed by atoms with van der Waals surface area (Å²) in [5.41, 5.74) is 0.748. The summed E-state index contributed by atoms with van der Waals surface area (Å²) in [5, 5.41) is 5.05. The van der Waals surface area contributed by atoms with Crippen LogP contribution in [0.25, 0.3) is 0 Å². The molecule has 1 aromatic carbocycles. The van der Waals surface area contributed by atoms with E-state index in [2.05, 4.69) is 10.6 Å². The molecule has 1 saturated heterocycles. The second-order valence-corrected chi connectivity index (χ2v) is 6.07. The van der Waals surface area contributed by atoms with Gasteiger partial charge in [-0.05, 0) is 37.0 Å². The summed E-state index contributed by atoms with van der Waals surface area (Å²) in [7, 11) is 0. The molecule has 1 aromatic rings. The third-order valence-electron chi connectivity index (χ3n) is 3.57. The van der Waals surface area contributed by atoms with Crippen molar-refractivity contribution in [3.63, 3.8) is 0 Å². The molecule has 2 N–H and O–H groups in total. The number of nitrogens with zero attached hydrogens (tertiary/aromatic N) is 1. The number of amides is 4. The van der Waals surface area contributed by atoms with Gasteiger partial charge in [0.05, 0.1) is 0 Å². The largest absolute Gasteiger partial charge is 0.326 e. The number of aryl methyl sites for hydroxylation is 1. The molecule has 23 heavy (non-hydrogen) atoms. The third kappa shape index (κ3) is 4.06. The molecule has 4 amide bonds. The number of hydrogen-bond acceptors (Lipinski definition) is 3. The van der Waals surface area contributed by atoms with Crippen molar-refractivity contribution < 1.29 is 18.8 Å². The van der Waals surface area contributed by atoms with Crippen LogP contribution in [0.5, 0.6) is 0 Å². The Kier molecular flexibility index (Phi) is 4.98. The van der Waals surface area contributed by atoms with E-state index in [0.717, 1.165) is 4.90 Å². The molecule has 0 spiro atoms.